The van der Waals surface area contributed by atoms with E-state index in [2.05, 4.69) is 10.2 Å². The number of hydrogen-bond donors (Lipinski definition) is 2. The summed E-state index contributed by atoms with van der Waals surface area (Å²) in [7, 11) is 0. The Balaban J connectivity index is 1.60. The third kappa shape index (κ3) is 4.31. The Bertz CT molecular complexity index is 664. The average molecular weight is 311 g/mol. The van der Waals surface area contributed by atoms with Crippen LogP contribution < -0.4 is 11.1 Å². The summed E-state index contributed by atoms with van der Waals surface area (Å²) in [6.07, 6.45) is 0. The second-order valence-electron chi connectivity index (χ2n) is 5.67. The van der Waals surface area contributed by atoms with Crippen LogP contribution in [0.4, 0.5) is 11.4 Å². The van der Waals surface area contributed by atoms with Crippen molar-refractivity contribution in [3.8, 4) is 0 Å². The number of nitrogens with zero attached hydrogens (tertiary/aromatic N) is 1. The van der Waals surface area contributed by atoms with Gasteiger partial charge in [-0.3, -0.25) is 9.69 Å². The molecule has 120 valence electrons. The van der Waals surface area contributed by atoms with Gasteiger partial charge in [0.25, 0.3) is 5.91 Å². The average Bonchev–Trinajstić information content (AvgIpc) is 2.56. The third-order valence-corrected chi connectivity index (χ3v) is 3.87. The lowest BCUT2D eigenvalue weighted by atomic mass is 10.1. The number of ether oxygens (including phenoxy) is 1. The van der Waals surface area contributed by atoms with Crippen LogP contribution in [0.25, 0.3) is 0 Å². The van der Waals surface area contributed by atoms with E-state index in [-0.39, 0.29) is 5.91 Å². The lowest BCUT2D eigenvalue weighted by Crippen LogP contribution is -2.35. The standard InChI is InChI=1S/C18H21N3O2/c19-16-2-1-3-17(12-16)20-18(22)15-6-4-14(5-7-15)13-21-8-10-23-11-9-21/h1-7,12H,8-11,13,19H2,(H,20,22). The molecule has 2 aromatic carbocycles. The van der Waals surface area contributed by atoms with E-state index in [9.17, 15) is 4.79 Å². The van der Waals surface area contributed by atoms with Gasteiger partial charge in [-0.15, -0.1) is 0 Å². The van der Waals surface area contributed by atoms with Gasteiger partial charge >= 0.3 is 0 Å². The first-order chi connectivity index (χ1) is 11.2. The summed E-state index contributed by atoms with van der Waals surface area (Å²) in [4.78, 5) is 14.6. The zero-order chi connectivity index (χ0) is 16.1. The van der Waals surface area contributed by atoms with Crippen molar-refractivity contribution in [2.24, 2.45) is 0 Å². The lowest BCUT2D eigenvalue weighted by Gasteiger charge is -2.26. The number of morpholine rings is 1. The quantitative estimate of drug-likeness (QED) is 0.851. The summed E-state index contributed by atoms with van der Waals surface area (Å²) < 4.78 is 5.35. The van der Waals surface area contributed by atoms with E-state index in [0.29, 0.717) is 16.9 Å². The van der Waals surface area contributed by atoms with Crippen molar-refractivity contribution in [2.45, 2.75) is 6.54 Å². The van der Waals surface area contributed by atoms with Gasteiger partial charge in [0.15, 0.2) is 0 Å². The number of carbonyl (C=O) groups is 1. The first-order valence-corrected chi connectivity index (χ1v) is 7.77. The Morgan fingerprint density at radius 3 is 2.57 bits per heavy atom. The van der Waals surface area contributed by atoms with Crippen LogP contribution in [0.3, 0.4) is 0 Å². The monoisotopic (exact) mass is 311 g/mol. The smallest absolute Gasteiger partial charge is 0.255 e. The Hall–Kier alpha value is -2.37. The molecule has 0 aromatic heterocycles. The topological polar surface area (TPSA) is 67.6 Å². The normalized spacial score (nSPS) is 15.3. The second-order valence-corrected chi connectivity index (χ2v) is 5.67. The van der Waals surface area contributed by atoms with Crippen LogP contribution in [0.1, 0.15) is 15.9 Å². The molecule has 0 spiro atoms. The molecule has 1 saturated heterocycles. The molecule has 0 saturated carbocycles. The van der Waals surface area contributed by atoms with Crippen molar-refractivity contribution in [1.82, 2.24) is 4.90 Å². The van der Waals surface area contributed by atoms with Crippen molar-refractivity contribution in [1.29, 1.82) is 0 Å². The summed E-state index contributed by atoms with van der Waals surface area (Å²) in [6, 6.07) is 14.9. The number of hydrogen-bond acceptors (Lipinski definition) is 4. The fourth-order valence-corrected chi connectivity index (χ4v) is 2.60. The van der Waals surface area contributed by atoms with Crippen LogP contribution in [0.15, 0.2) is 48.5 Å². The number of amides is 1. The molecule has 0 bridgehead atoms. The molecule has 1 aliphatic heterocycles. The molecule has 5 nitrogen and oxygen atoms in total. The summed E-state index contributed by atoms with van der Waals surface area (Å²) in [5, 5.41) is 2.85. The first kappa shape index (κ1) is 15.5. The van der Waals surface area contributed by atoms with E-state index >= 15 is 0 Å². The number of benzene rings is 2. The summed E-state index contributed by atoms with van der Waals surface area (Å²) in [6.45, 7) is 4.39. The maximum absolute atomic E-state index is 12.2. The molecule has 0 unspecified atom stereocenters. The lowest BCUT2D eigenvalue weighted by molar-refractivity contribution is 0.0342. The molecule has 5 heteroatoms. The number of nitrogens with two attached hydrogens (primary N) is 1. The van der Waals surface area contributed by atoms with E-state index < -0.39 is 0 Å². The summed E-state index contributed by atoms with van der Waals surface area (Å²) in [5.41, 5.74) is 8.89. The van der Waals surface area contributed by atoms with Crippen molar-refractivity contribution in [3.63, 3.8) is 0 Å². The van der Waals surface area contributed by atoms with Gasteiger partial charge in [0.1, 0.15) is 0 Å². The Morgan fingerprint density at radius 1 is 1.13 bits per heavy atom. The second kappa shape index (κ2) is 7.26. The molecule has 23 heavy (non-hydrogen) atoms. The number of anilines is 2. The zero-order valence-electron chi connectivity index (χ0n) is 13.0. The minimum Gasteiger partial charge on any atom is -0.399 e. The summed E-state index contributed by atoms with van der Waals surface area (Å²) >= 11 is 0. The van der Waals surface area contributed by atoms with Gasteiger partial charge in [-0.2, -0.15) is 0 Å². The highest BCUT2D eigenvalue weighted by Gasteiger charge is 2.11. The Morgan fingerprint density at radius 2 is 1.87 bits per heavy atom. The van der Waals surface area contributed by atoms with Gasteiger partial charge in [0, 0.05) is 36.6 Å². The zero-order valence-corrected chi connectivity index (χ0v) is 13.0. The number of nitrogen functional groups attached to an aromatic ring is 1. The third-order valence-electron chi connectivity index (χ3n) is 3.87. The highest BCUT2D eigenvalue weighted by atomic mass is 16.5. The molecule has 1 heterocycles. The molecule has 3 N–H and O–H groups in total. The first-order valence-electron chi connectivity index (χ1n) is 7.77. The molecule has 1 aliphatic rings. The number of carbonyl (C=O) groups excluding carboxylic acids is 1. The fourth-order valence-electron chi connectivity index (χ4n) is 2.60. The minimum absolute atomic E-state index is 0.131. The van der Waals surface area contributed by atoms with Crippen molar-refractivity contribution in [3.05, 3.63) is 59.7 Å². The predicted octanol–water partition coefficient (Wildman–Crippen LogP) is 2.35. The molecule has 1 fully saturated rings. The number of rotatable bonds is 4. The molecule has 0 radical (unpaired) electrons. The SMILES string of the molecule is Nc1cccc(NC(=O)c2ccc(CN3CCOCC3)cc2)c1. The molecule has 3 rings (SSSR count). The maximum Gasteiger partial charge on any atom is 0.255 e. The molecular formula is C18H21N3O2. The molecule has 0 atom stereocenters. The van der Waals surface area contributed by atoms with Gasteiger partial charge in [-0.1, -0.05) is 18.2 Å². The minimum atomic E-state index is -0.131. The van der Waals surface area contributed by atoms with Crippen LogP contribution in [0.5, 0.6) is 0 Å². The van der Waals surface area contributed by atoms with Crippen LogP contribution in [-0.2, 0) is 11.3 Å². The fraction of sp³-hybridized carbons (Fsp3) is 0.278. The van der Waals surface area contributed by atoms with E-state index in [0.717, 1.165) is 32.8 Å². The van der Waals surface area contributed by atoms with Gasteiger partial charge in [-0.25, -0.2) is 0 Å². The molecular weight excluding hydrogens is 290 g/mol. The van der Waals surface area contributed by atoms with Gasteiger partial charge in [0.2, 0.25) is 0 Å². The van der Waals surface area contributed by atoms with E-state index in [1.54, 1.807) is 12.1 Å². The van der Waals surface area contributed by atoms with Crippen LogP contribution in [0.2, 0.25) is 0 Å². The van der Waals surface area contributed by atoms with Crippen molar-refractivity contribution < 1.29 is 9.53 Å². The molecule has 2 aromatic rings. The maximum atomic E-state index is 12.2. The molecule has 1 amide bonds. The van der Waals surface area contributed by atoms with Crippen LogP contribution in [0, 0.1) is 0 Å². The molecule has 0 aliphatic carbocycles. The highest BCUT2D eigenvalue weighted by Crippen LogP contribution is 2.14. The van der Waals surface area contributed by atoms with Gasteiger partial charge < -0.3 is 15.8 Å². The van der Waals surface area contributed by atoms with Crippen LogP contribution >= 0.6 is 0 Å². The largest absolute Gasteiger partial charge is 0.399 e. The van der Waals surface area contributed by atoms with Gasteiger partial charge in [0.05, 0.1) is 13.2 Å². The number of nitrogens with one attached hydrogen (secondary N) is 1. The van der Waals surface area contributed by atoms with E-state index in [4.69, 9.17) is 10.5 Å². The Labute approximate surface area is 136 Å². The Kier molecular flexibility index (Phi) is 4.90. The highest BCUT2D eigenvalue weighted by molar-refractivity contribution is 6.04. The van der Waals surface area contributed by atoms with Crippen molar-refractivity contribution >= 4 is 17.3 Å². The summed E-state index contributed by atoms with van der Waals surface area (Å²) in [5.74, 6) is -0.131. The van der Waals surface area contributed by atoms with Gasteiger partial charge in [-0.05, 0) is 35.9 Å². The van der Waals surface area contributed by atoms with Crippen LogP contribution in [-0.4, -0.2) is 37.1 Å². The van der Waals surface area contributed by atoms with E-state index in [1.165, 1.54) is 5.56 Å². The van der Waals surface area contributed by atoms with Crippen molar-refractivity contribution in [2.75, 3.05) is 37.4 Å². The predicted molar refractivity (Wildman–Crippen MR) is 91.3 cm³/mol. The van der Waals surface area contributed by atoms with E-state index in [1.807, 2.05) is 36.4 Å².